The van der Waals surface area contributed by atoms with Crippen molar-refractivity contribution in [2.45, 2.75) is 0 Å². The highest BCUT2D eigenvalue weighted by Gasteiger charge is 2.15. The van der Waals surface area contributed by atoms with Crippen molar-refractivity contribution in [1.82, 2.24) is 4.98 Å². The van der Waals surface area contributed by atoms with Gasteiger partial charge in [0.25, 0.3) is 5.91 Å². The molecule has 0 bridgehead atoms. The molecule has 0 spiro atoms. The lowest BCUT2D eigenvalue weighted by atomic mass is 10.2. The number of ether oxygens (including phenoxy) is 2. The van der Waals surface area contributed by atoms with Gasteiger partial charge in [0.15, 0.2) is 0 Å². The van der Waals surface area contributed by atoms with Crippen molar-refractivity contribution in [2.24, 2.45) is 0 Å². The van der Waals surface area contributed by atoms with Crippen molar-refractivity contribution in [2.75, 3.05) is 12.4 Å². The molecule has 1 N–H and O–H groups in total. The third kappa shape index (κ3) is 4.10. The summed E-state index contributed by atoms with van der Waals surface area (Å²) in [5.74, 6) is 0.200. The first kappa shape index (κ1) is 17.7. The summed E-state index contributed by atoms with van der Waals surface area (Å²) in [6.07, 6.45) is 1.51. The van der Waals surface area contributed by atoms with E-state index in [2.05, 4.69) is 10.3 Å². The molecule has 0 fully saturated rings. The minimum atomic E-state index is -0.562. The van der Waals surface area contributed by atoms with E-state index in [4.69, 9.17) is 21.1 Å². The third-order valence-corrected chi connectivity index (χ3v) is 3.74. The Balaban J connectivity index is 1.83. The smallest absolute Gasteiger partial charge is 0.261 e. The molecular formula is C19H14ClFN2O3. The topological polar surface area (TPSA) is 60.5 Å². The SMILES string of the molecule is COc1cccc(Oc2ncccc2C(=O)Nc2ccc(F)c(Cl)c2)c1. The minimum absolute atomic E-state index is 0.0816. The average molecular weight is 373 g/mol. The summed E-state index contributed by atoms with van der Waals surface area (Å²) >= 11 is 5.74. The van der Waals surface area contributed by atoms with E-state index in [1.165, 1.54) is 24.4 Å². The number of hydrogen-bond donors (Lipinski definition) is 1. The van der Waals surface area contributed by atoms with Crippen LogP contribution in [-0.2, 0) is 0 Å². The van der Waals surface area contributed by atoms with E-state index in [9.17, 15) is 9.18 Å². The van der Waals surface area contributed by atoms with Crippen LogP contribution in [0.5, 0.6) is 17.4 Å². The van der Waals surface area contributed by atoms with Crippen LogP contribution in [0, 0.1) is 5.82 Å². The Kier molecular flexibility index (Phi) is 5.34. The lowest BCUT2D eigenvalue weighted by Crippen LogP contribution is -2.13. The minimum Gasteiger partial charge on any atom is -0.497 e. The average Bonchev–Trinajstić information content (AvgIpc) is 2.65. The van der Waals surface area contributed by atoms with Crippen molar-refractivity contribution in [3.8, 4) is 17.4 Å². The largest absolute Gasteiger partial charge is 0.497 e. The number of hydrogen-bond acceptors (Lipinski definition) is 4. The fourth-order valence-corrected chi connectivity index (χ4v) is 2.37. The summed E-state index contributed by atoms with van der Waals surface area (Å²) in [5.41, 5.74) is 0.577. The number of pyridine rings is 1. The first-order valence-electron chi connectivity index (χ1n) is 7.60. The van der Waals surface area contributed by atoms with Gasteiger partial charge in [0.2, 0.25) is 5.88 Å². The van der Waals surface area contributed by atoms with Gasteiger partial charge in [0, 0.05) is 18.0 Å². The summed E-state index contributed by atoms with van der Waals surface area (Å²) in [4.78, 5) is 16.7. The highest BCUT2D eigenvalue weighted by molar-refractivity contribution is 6.31. The van der Waals surface area contributed by atoms with Crippen LogP contribution in [-0.4, -0.2) is 18.0 Å². The molecular weight excluding hydrogens is 359 g/mol. The van der Waals surface area contributed by atoms with E-state index in [1.54, 1.807) is 43.5 Å². The molecule has 0 saturated carbocycles. The van der Waals surface area contributed by atoms with E-state index in [-0.39, 0.29) is 16.5 Å². The molecule has 2 aromatic carbocycles. The van der Waals surface area contributed by atoms with Crippen molar-refractivity contribution in [3.05, 3.63) is 77.2 Å². The second-order valence-corrected chi connectivity index (χ2v) is 5.63. The number of carbonyl (C=O) groups excluding carboxylic acids is 1. The van der Waals surface area contributed by atoms with E-state index in [1.807, 2.05) is 0 Å². The molecule has 132 valence electrons. The number of methoxy groups -OCH3 is 1. The third-order valence-electron chi connectivity index (χ3n) is 3.45. The molecule has 1 heterocycles. The van der Waals surface area contributed by atoms with Gasteiger partial charge in [-0.25, -0.2) is 9.37 Å². The van der Waals surface area contributed by atoms with Crippen LogP contribution in [0.3, 0.4) is 0 Å². The zero-order valence-corrected chi connectivity index (χ0v) is 14.5. The normalized spacial score (nSPS) is 10.3. The van der Waals surface area contributed by atoms with Crippen molar-refractivity contribution in [1.29, 1.82) is 0 Å². The molecule has 0 atom stereocenters. The summed E-state index contributed by atoms with van der Waals surface area (Å²) in [6.45, 7) is 0. The molecule has 0 unspecified atom stereocenters. The number of carbonyl (C=O) groups is 1. The Morgan fingerprint density at radius 1 is 1.12 bits per heavy atom. The highest BCUT2D eigenvalue weighted by atomic mass is 35.5. The molecule has 3 rings (SSSR count). The first-order valence-corrected chi connectivity index (χ1v) is 7.98. The van der Waals surface area contributed by atoms with Gasteiger partial charge in [-0.3, -0.25) is 4.79 Å². The van der Waals surface area contributed by atoms with Gasteiger partial charge in [-0.15, -0.1) is 0 Å². The predicted octanol–water partition coefficient (Wildman–Crippen LogP) is 4.93. The summed E-state index contributed by atoms with van der Waals surface area (Å²) in [5, 5.41) is 2.56. The molecule has 0 aliphatic rings. The van der Waals surface area contributed by atoms with Crippen molar-refractivity contribution >= 4 is 23.2 Å². The predicted molar refractivity (Wildman–Crippen MR) is 96.7 cm³/mol. The summed E-state index contributed by atoms with van der Waals surface area (Å²) in [6, 6.07) is 14.0. The quantitative estimate of drug-likeness (QED) is 0.690. The van der Waals surface area contributed by atoms with Gasteiger partial charge >= 0.3 is 0 Å². The molecule has 0 aliphatic heterocycles. The van der Waals surface area contributed by atoms with Gasteiger partial charge in [-0.2, -0.15) is 0 Å². The Morgan fingerprint density at radius 2 is 1.92 bits per heavy atom. The zero-order chi connectivity index (χ0) is 18.5. The number of halogens is 2. The monoisotopic (exact) mass is 372 g/mol. The maximum atomic E-state index is 13.2. The summed E-state index contributed by atoms with van der Waals surface area (Å²) in [7, 11) is 1.55. The van der Waals surface area contributed by atoms with Gasteiger partial charge < -0.3 is 14.8 Å². The Hall–Kier alpha value is -3.12. The molecule has 7 heteroatoms. The molecule has 0 aliphatic carbocycles. The van der Waals surface area contributed by atoms with Crippen LogP contribution < -0.4 is 14.8 Å². The molecule has 0 saturated heterocycles. The lowest BCUT2D eigenvalue weighted by Gasteiger charge is -2.11. The fourth-order valence-electron chi connectivity index (χ4n) is 2.19. The van der Waals surface area contributed by atoms with E-state index < -0.39 is 11.7 Å². The zero-order valence-electron chi connectivity index (χ0n) is 13.7. The van der Waals surface area contributed by atoms with Gasteiger partial charge in [0.05, 0.1) is 12.1 Å². The summed E-state index contributed by atoms with van der Waals surface area (Å²) < 4.78 is 24.1. The molecule has 5 nitrogen and oxygen atoms in total. The van der Waals surface area contributed by atoms with Gasteiger partial charge in [-0.1, -0.05) is 17.7 Å². The molecule has 0 radical (unpaired) electrons. The maximum absolute atomic E-state index is 13.2. The molecule has 3 aromatic rings. The first-order chi connectivity index (χ1) is 12.6. The van der Waals surface area contributed by atoms with Crippen LogP contribution in [0.15, 0.2) is 60.8 Å². The standard InChI is InChI=1S/C19H14ClFN2O3/c1-25-13-4-2-5-14(11-13)26-19-15(6-3-9-22-19)18(24)23-12-7-8-17(21)16(20)10-12/h2-11H,1H3,(H,23,24). The second kappa shape index (κ2) is 7.84. The molecule has 1 amide bonds. The fraction of sp³-hybridized carbons (Fsp3) is 0.0526. The van der Waals surface area contributed by atoms with Crippen LogP contribution in [0.1, 0.15) is 10.4 Å². The molecule has 1 aromatic heterocycles. The number of aromatic nitrogens is 1. The number of nitrogens with zero attached hydrogens (tertiary/aromatic N) is 1. The van der Waals surface area contributed by atoms with E-state index in [0.717, 1.165) is 0 Å². The number of amides is 1. The van der Waals surface area contributed by atoms with E-state index >= 15 is 0 Å². The number of benzene rings is 2. The van der Waals surface area contributed by atoms with Gasteiger partial charge in [-0.05, 0) is 42.5 Å². The Labute approximate surface area is 154 Å². The van der Waals surface area contributed by atoms with Crippen LogP contribution in [0.2, 0.25) is 5.02 Å². The maximum Gasteiger partial charge on any atom is 0.261 e. The lowest BCUT2D eigenvalue weighted by molar-refractivity contribution is 0.102. The van der Waals surface area contributed by atoms with Crippen molar-refractivity contribution in [3.63, 3.8) is 0 Å². The van der Waals surface area contributed by atoms with Crippen LogP contribution >= 0.6 is 11.6 Å². The second-order valence-electron chi connectivity index (χ2n) is 5.22. The number of nitrogens with one attached hydrogen (secondary N) is 1. The van der Waals surface area contributed by atoms with E-state index in [0.29, 0.717) is 17.2 Å². The Bertz CT molecular complexity index is 950. The van der Waals surface area contributed by atoms with Gasteiger partial charge in [0.1, 0.15) is 22.9 Å². The number of rotatable bonds is 5. The molecule has 26 heavy (non-hydrogen) atoms. The highest BCUT2D eigenvalue weighted by Crippen LogP contribution is 2.27. The number of anilines is 1. The van der Waals surface area contributed by atoms with Crippen LogP contribution in [0.25, 0.3) is 0 Å². The van der Waals surface area contributed by atoms with Crippen LogP contribution in [0.4, 0.5) is 10.1 Å². The Morgan fingerprint density at radius 3 is 2.69 bits per heavy atom. The van der Waals surface area contributed by atoms with Crippen molar-refractivity contribution < 1.29 is 18.7 Å².